The highest BCUT2D eigenvalue weighted by Crippen LogP contribution is 2.35. The smallest absolute Gasteiger partial charge is 0.225 e. The number of nitriles is 1. The molecule has 5 nitrogen and oxygen atoms in total. The van der Waals surface area contributed by atoms with Crippen molar-refractivity contribution >= 4 is 5.91 Å². The Kier molecular flexibility index (Phi) is 3.93. The molecule has 2 heterocycles. The second-order valence-corrected chi connectivity index (χ2v) is 7.39. The predicted molar refractivity (Wildman–Crippen MR) is 89.1 cm³/mol. The number of fused-ring (bicyclic) bond motifs is 2. The summed E-state index contributed by atoms with van der Waals surface area (Å²) >= 11 is 0. The zero-order valence-electron chi connectivity index (χ0n) is 13.8. The van der Waals surface area contributed by atoms with Crippen LogP contribution in [0.5, 0.6) is 5.75 Å². The minimum atomic E-state index is 0.0418. The number of carbonyl (C=O) groups is 1. The topological polar surface area (TPSA) is 67.6 Å². The SMILES string of the molecule is N#Cc1cc(CN2C3CCC2CN(C(=O)C2CCC2)C3)ccc1O. The standard InChI is InChI=1S/C19H23N3O2/c20-9-15-8-13(4-7-18(15)23)10-22-16-5-6-17(22)12-21(11-16)19(24)14-2-1-3-14/h4,7-8,14,16-17,23H,1-3,5-6,10-12H2. The van der Waals surface area contributed by atoms with Crippen molar-refractivity contribution in [3.63, 3.8) is 0 Å². The van der Waals surface area contributed by atoms with E-state index in [2.05, 4.69) is 9.80 Å². The van der Waals surface area contributed by atoms with Gasteiger partial charge in [0.25, 0.3) is 0 Å². The van der Waals surface area contributed by atoms with E-state index in [1.54, 1.807) is 12.1 Å². The molecule has 1 aromatic rings. The Bertz CT molecular complexity index is 678. The van der Waals surface area contributed by atoms with E-state index in [0.717, 1.165) is 50.9 Å². The van der Waals surface area contributed by atoms with Crippen LogP contribution in [0.25, 0.3) is 0 Å². The molecule has 2 aliphatic heterocycles. The molecule has 2 unspecified atom stereocenters. The summed E-state index contributed by atoms with van der Waals surface area (Å²) in [5.41, 5.74) is 1.39. The highest BCUT2D eigenvalue weighted by atomic mass is 16.3. The van der Waals surface area contributed by atoms with Crippen molar-refractivity contribution in [3.05, 3.63) is 29.3 Å². The van der Waals surface area contributed by atoms with E-state index in [0.29, 0.717) is 23.6 Å². The molecule has 3 aliphatic rings. The molecule has 126 valence electrons. The summed E-state index contributed by atoms with van der Waals surface area (Å²) in [5.74, 6) is 0.695. The van der Waals surface area contributed by atoms with Gasteiger partial charge in [0.2, 0.25) is 5.91 Å². The van der Waals surface area contributed by atoms with E-state index in [4.69, 9.17) is 5.26 Å². The summed E-state index contributed by atoms with van der Waals surface area (Å²) in [7, 11) is 0. The number of hydrogen-bond donors (Lipinski definition) is 1. The van der Waals surface area contributed by atoms with Crippen LogP contribution in [-0.4, -0.2) is 46.0 Å². The molecule has 2 bridgehead atoms. The molecule has 0 aromatic heterocycles. The fourth-order valence-corrected chi connectivity index (χ4v) is 4.32. The third kappa shape index (κ3) is 2.65. The second-order valence-electron chi connectivity index (χ2n) is 7.39. The second kappa shape index (κ2) is 6.10. The number of likely N-dealkylation sites (tertiary alicyclic amines) is 1. The van der Waals surface area contributed by atoms with E-state index in [1.807, 2.05) is 12.1 Å². The fourth-order valence-electron chi connectivity index (χ4n) is 4.32. The zero-order chi connectivity index (χ0) is 16.7. The van der Waals surface area contributed by atoms with Gasteiger partial charge in [-0.15, -0.1) is 0 Å². The van der Waals surface area contributed by atoms with Gasteiger partial charge in [0.05, 0.1) is 5.56 Å². The number of carbonyl (C=O) groups excluding carboxylic acids is 1. The van der Waals surface area contributed by atoms with Gasteiger partial charge < -0.3 is 10.0 Å². The number of hydrogen-bond acceptors (Lipinski definition) is 4. The summed E-state index contributed by atoms with van der Waals surface area (Å²) in [5, 5.41) is 18.7. The molecule has 1 aromatic carbocycles. The quantitative estimate of drug-likeness (QED) is 0.925. The monoisotopic (exact) mass is 325 g/mol. The van der Waals surface area contributed by atoms with E-state index >= 15 is 0 Å². The first-order valence-corrected chi connectivity index (χ1v) is 8.92. The molecule has 1 N–H and O–H groups in total. The number of phenolic OH excluding ortho intramolecular Hbond substituents is 1. The lowest BCUT2D eigenvalue weighted by Crippen LogP contribution is -2.56. The summed E-state index contributed by atoms with van der Waals surface area (Å²) in [6, 6.07) is 8.16. The summed E-state index contributed by atoms with van der Waals surface area (Å²) in [6.07, 6.45) is 5.62. The minimum absolute atomic E-state index is 0.0418. The predicted octanol–water partition coefficient (Wildman–Crippen LogP) is 2.24. The normalized spacial score (nSPS) is 26.9. The number of aromatic hydroxyl groups is 1. The van der Waals surface area contributed by atoms with Crippen LogP contribution >= 0.6 is 0 Å². The number of piperazine rings is 1. The minimum Gasteiger partial charge on any atom is -0.507 e. The van der Waals surface area contributed by atoms with E-state index < -0.39 is 0 Å². The molecule has 1 aliphatic carbocycles. The molecule has 1 saturated carbocycles. The molecular formula is C19H23N3O2. The first kappa shape index (κ1) is 15.5. The van der Waals surface area contributed by atoms with Gasteiger partial charge in [0.1, 0.15) is 11.8 Å². The Morgan fingerprint density at radius 2 is 1.92 bits per heavy atom. The largest absolute Gasteiger partial charge is 0.507 e. The van der Waals surface area contributed by atoms with E-state index in [9.17, 15) is 9.90 Å². The van der Waals surface area contributed by atoms with Gasteiger partial charge in [-0.25, -0.2) is 0 Å². The van der Waals surface area contributed by atoms with Gasteiger partial charge in [-0.1, -0.05) is 12.5 Å². The Morgan fingerprint density at radius 1 is 1.21 bits per heavy atom. The molecule has 0 radical (unpaired) electrons. The van der Waals surface area contributed by atoms with E-state index in [1.165, 1.54) is 6.42 Å². The highest BCUT2D eigenvalue weighted by molar-refractivity contribution is 5.79. The van der Waals surface area contributed by atoms with Gasteiger partial charge >= 0.3 is 0 Å². The van der Waals surface area contributed by atoms with Gasteiger partial charge in [-0.2, -0.15) is 5.26 Å². The van der Waals surface area contributed by atoms with Crippen molar-refractivity contribution in [2.75, 3.05) is 13.1 Å². The summed E-state index contributed by atoms with van der Waals surface area (Å²) < 4.78 is 0. The van der Waals surface area contributed by atoms with Gasteiger partial charge in [0.15, 0.2) is 0 Å². The molecule has 1 amide bonds. The maximum Gasteiger partial charge on any atom is 0.225 e. The van der Waals surface area contributed by atoms with Crippen LogP contribution in [0.4, 0.5) is 0 Å². The van der Waals surface area contributed by atoms with Crippen molar-refractivity contribution in [1.82, 2.24) is 9.80 Å². The number of rotatable bonds is 3. The molecule has 3 fully saturated rings. The van der Waals surface area contributed by atoms with Crippen LogP contribution in [-0.2, 0) is 11.3 Å². The number of benzene rings is 1. The first-order chi connectivity index (χ1) is 11.7. The van der Waals surface area contributed by atoms with Gasteiger partial charge in [0, 0.05) is 37.6 Å². The van der Waals surface area contributed by atoms with Crippen molar-refractivity contribution in [3.8, 4) is 11.8 Å². The molecular weight excluding hydrogens is 302 g/mol. The molecule has 24 heavy (non-hydrogen) atoms. The van der Waals surface area contributed by atoms with Crippen LogP contribution in [0, 0.1) is 17.2 Å². The van der Waals surface area contributed by atoms with Crippen LogP contribution < -0.4 is 0 Å². The van der Waals surface area contributed by atoms with Gasteiger partial charge in [-0.3, -0.25) is 9.69 Å². The third-order valence-corrected chi connectivity index (χ3v) is 5.95. The highest BCUT2D eigenvalue weighted by Gasteiger charge is 2.42. The Balaban J connectivity index is 1.45. The average Bonchev–Trinajstić information content (AvgIpc) is 2.76. The molecule has 0 spiro atoms. The van der Waals surface area contributed by atoms with Crippen LogP contribution in [0.2, 0.25) is 0 Å². The van der Waals surface area contributed by atoms with Crippen molar-refractivity contribution in [2.24, 2.45) is 5.92 Å². The molecule has 2 atom stereocenters. The number of phenols is 1. The average molecular weight is 325 g/mol. The Labute approximate surface area is 142 Å². The maximum absolute atomic E-state index is 12.5. The van der Waals surface area contributed by atoms with Gasteiger partial charge in [-0.05, 0) is 43.4 Å². The van der Waals surface area contributed by atoms with Crippen LogP contribution in [0.15, 0.2) is 18.2 Å². The maximum atomic E-state index is 12.5. The number of amides is 1. The number of nitrogens with zero attached hydrogens (tertiary/aromatic N) is 3. The summed E-state index contributed by atoms with van der Waals surface area (Å²) in [4.78, 5) is 17.1. The molecule has 2 saturated heterocycles. The van der Waals surface area contributed by atoms with Crippen molar-refractivity contribution < 1.29 is 9.90 Å². The molecule has 4 rings (SSSR count). The third-order valence-electron chi connectivity index (χ3n) is 5.95. The Morgan fingerprint density at radius 3 is 2.50 bits per heavy atom. The lowest BCUT2D eigenvalue weighted by atomic mass is 9.84. The van der Waals surface area contributed by atoms with Crippen LogP contribution in [0.3, 0.4) is 0 Å². The lowest BCUT2D eigenvalue weighted by molar-refractivity contribution is -0.141. The lowest BCUT2D eigenvalue weighted by Gasteiger charge is -2.43. The van der Waals surface area contributed by atoms with E-state index in [-0.39, 0.29) is 11.7 Å². The van der Waals surface area contributed by atoms with Crippen LogP contribution in [0.1, 0.15) is 43.2 Å². The Hall–Kier alpha value is -2.06. The van der Waals surface area contributed by atoms with Crippen molar-refractivity contribution in [1.29, 1.82) is 5.26 Å². The van der Waals surface area contributed by atoms with Crippen molar-refractivity contribution in [2.45, 2.75) is 50.7 Å². The fraction of sp³-hybridized carbons (Fsp3) is 0.579. The zero-order valence-corrected chi connectivity index (χ0v) is 13.8. The summed E-state index contributed by atoms with van der Waals surface area (Å²) in [6.45, 7) is 2.47. The molecule has 5 heteroatoms. The first-order valence-electron chi connectivity index (χ1n) is 8.92.